The number of nitrogens with one attached hydrogen (secondary N) is 1. The predicted molar refractivity (Wildman–Crippen MR) is 111 cm³/mol. The molecule has 0 unspecified atom stereocenters. The molecular formula is C23H24F2N2O4. The van der Waals surface area contributed by atoms with Crippen molar-refractivity contribution in [1.82, 2.24) is 10.4 Å². The Balaban J connectivity index is 1.82. The monoisotopic (exact) mass is 433 g/mol. The lowest BCUT2D eigenvalue weighted by molar-refractivity contribution is -0.129. The summed E-state index contributed by atoms with van der Waals surface area (Å²) in [6.45, 7) is -0.346. The molecule has 2 aromatic rings. The van der Waals surface area contributed by atoms with Gasteiger partial charge in [0.15, 0.2) is 0 Å². The van der Waals surface area contributed by atoms with Crippen LogP contribution in [0.1, 0.15) is 28.9 Å². The van der Waals surface area contributed by atoms with Crippen molar-refractivity contribution in [1.29, 1.82) is 0 Å². The van der Waals surface area contributed by atoms with Crippen LogP contribution in [0.3, 0.4) is 0 Å². The van der Waals surface area contributed by atoms with E-state index in [-0.39, 0.29) is 23.4 Å². The number of benzene rings is 2. The highest BCUT2D eigenvalue weighted by molar-refractivity contribution is 6.05. The fraction of sp³-hybridized carbons (Fsp3) is 0.304. The van der Waals surface area contributed by atoms with Gasteiger partial charge < -0.3 is 9.64 Å². The van der Waals surface area contributed by atoms with Crippen molar-refractivity contribution in [2.75, 3.05) is 21.2 Å². The minimum atomic E-state index is -2.66. The van der Waals surface area contributed by atoms with Crippen LogP contribution in [0.4, 0.5) is 8.78 Å². The summed E-state index contributed by atoms with van der Waals surface area (Å²) in [5.74, 6) is -2.70. The Morgan fingerprint density at radius 1 is 1.13 bits per heavy atom. The van der Waals surface area contributed by atoms with E-state index in [0.29, 0.717) is 36.0 Å². The zero-order chi connectivity index (χ0) is 25.0. The summed E-state index contributed by atoms with van der Waals surface area (Å²) in [7, 11) is 0.0316. The number of methoxy groups -OCH3 is 1. The van der Waals surface area contributed by atoms with Gasteiger partial charge in [-0.15, -0.1) is 0 Å². The predicted octanol–water partition coefficient (Wildman–Crippen LogP) is 3.76. The molecule has 1 N–H and O–H groups in total. The fourth-order valence-corrected chi connectivity index (χ4v) is 3.58. The van der Waals surface area contributed by atoms with Crippen LogP contribution in [0.2, 0.25) is 0 Å². The number of hydrogen-bond acceptors (Lipinski definition) is 4. The normalized spacial score (nSPS) is 15.2. The van der Waals surface area contributed by atoms with E-state index in [1.54, 1.807) is 6.07 Å². The summed E-state index contributed by atoms with van der Waals surface area (Å²) in [6, 6.07) is 8.09. The zero-order valence-corrected chi connectivity index (χ0v) is 17.1. The smallest absolute Gasteiger partial charge is 0.271 e. The molecule has 1 aliphatic carbocycles. The molecular weight excluding hydrogens is 406 g/mol. The first-order valence-corrected chi connectivity index (χ1v) is 9.58. The summed E-state index contributed by atoms with van der Waals surface area (Å²) < 4.78 is 56.2. The first-order chi connectivity index (χ1) is 16.0. The van der Waals surface area contributed by atoms with Gasteiger partial charge in [0.1, 0.15) is 17.4 Å². The highest BCUT2D eigenvalue weighted by atomic mass is 19.1. The lowest BCUT2D eigenvalue weighted by Crippen LogP contribution is -2.31. The fourth-order valence-electron chi connectivity index (χ4n) is 3.58. The molecule has 0 aromatic heterocycles. The van der Waals surface area contributed by atoms with Gasteiger partial charge in [-0.25, -0.2) is 14.3 Å². The molecule has 0 heterocycles. The average Bonchev–Trinajstić information content (AvgIpc) is 3.24. The highest BCUT2D eigenvalue weighted by Crippen LogP contribution is 2.30. The van der Waals surface area contributed by atoms with Crippen LogP contribution in [0.15, 0.2) is 47.5 Å². The Morgan fingerprint density at radius 2 is 1.84 bits per heavy atom. The van der Waals surface area contributed by atoms with Gasteiger partial charge in [-0.3, -0.25) is 14.4 Å². The minimum absolute atomic E-state index is 0.0332. The summed E-state index contributed by atoms with van der Waals surface area (Å²) in [4.78, 5) is 30.7. The molecule has 0 spiro atoms. The molecule has 8 heteroatoms. The standard InChI is InChI=1S/C23H24F2N2O4/c1-27(23(29)18-9-5-8-17(18)22(28)26-31-3)13-19-20(24)11-15(12-21(19)25)14-6-4-7-16(10-14)30-2/h4,6-7,10-12H,5,8-9,13H2,1-3H3,(H,26,28)/i2D3. The van der Waals surface area contributed by atoms with E-state index in [0.717, 1.165) is 17.0 Å². The maximum atomic E-state index is 14.9. The van der Waals surface area contributed by atoms with Crippen molar-refractivity contribution in [3.63, 3.8) is 0 Å². The lowest BCUT2D eigenvalue weighted by Gasteiger charge is -2.20. The van der Waals surface area contributed by atoms with Gasteiger partial charge >= 0.3 is 0 Å². The molecule has 0 bridgehead atoms. The molecule has 164 valence electrons. The van der Waals surface area contributed by atoms with Crippen molar-refractivity contribution in [3.05, 3.63) is 64.7 Å². The van der Waals surface area contributed by atoms with Crippen molar-refractivity contribution < 1.29 is 32.1 Å². The summed E-state index contributed by atoms with van der Waals surface area (Å²) in [6.07, 6.45) is 1.41. The van der Waals surface area contributed by atoms with Gasteiger partial charge in [0.2, 0.25) is 5.91 Å². The van der Waals surface area contributed by atoms with Gasteiger partial charge in [0, 0.05) is 23.8 Å². The largest absolute Gasteiger partial charge is 0.497 e. The maximum Gasteiger partial charge on any atom is 0.271 e. The number of rotatable bonds is 7. The molecule has 1 aliphatic rings. The van der Waals surface area contributed by atoms with Crippen LogP contribution in [0.25, 0.3) is 11.1 Å². The first kappa shape index (κ1) is 18.5. The van der Waals surface area contributed by atoms with Gasteiger partial charge in [0.25, 0.3) is 5.91 Å². The van der Waals surface area contributed by atoms with E-state index in [1.165, 1.54) is 32.4 Å². The Kier molecular flexibility index (Phi) is 5.79. The summed E-state index contributed by atoms with van der Waals surface area (Å²) in [5.41, 5.74) is 3.02. The van der Waals surface area contributed by atoms with Gasteiger partial charge in [0.05, 0.1) is 24.8 Å². The topological polar surface area (TPSA) is 67.9 Å². The number of ether oxygens (including phenoxy) is 1. The molecule has 31 heavy (non-hydrogen) atoms. The molecule has 6 nitrogen and oxygen atoms in total. The third-order valence-corrected chi connectivity index (χ3v) is 5.11. The molecule has 0 radical (unpaired) electrons. The third-order valence-electron chi connectivity index (χ3n) is 5.11. The average molecular weight is 433 g/mol. The second-order valence-electron chi connectivity index (χ2n) is 7.16. The molecule has 3 rings (SSSR count). The minimum Gasteiger partial charge on any atom is -0.497 e. The quantitative estimate of drug-likeness (QED) is 0.676. The van der Waals surface area contributed by atoms with Crippen molar-refractivity contribution in [3.8, 4) is 16.9 Å². The molecule has 2 aromatic carbocycles. The second kappa shape index (κ2) is 9.70. The molecule has 2 amide bonds. The highest BCUT2D eigenvalue weighted by Gasteiger charge is 2.28. The van der Waals surface area contributed by atoms with Crippen molar-refractivity contribution in [2.45, 2.75) is 25.8 Å². The van der Waals surface area contributed by atoms with E-state index in [2.05, 4.69) is 10.3 Å². The number of likely N-dealkylation sites (N-methyl/N-ethyl adjacent to an activating group) is 1. The number of hydroxylamine groups is 1. The van der Waals surface area contributed by atoms with Crippen LogP contribution < -0.4 is 10.2 Å². The van der Waals surface area contributed by atoms with Crippen molar-refractivity contribution in [2.24, 2.45) is 0 Å². The maximum absolute atomic E-state index is 14.9. The number of nitrogens with zero attached hydrogens (tertiary/aromatic N) is 1. The Hall–Kier alpha value is -3.26. The number of carbonyl (C=O) groups is 2. The summed E-state index contributed by atoms with van der Waals surface area (Å²) in [5, 5.41) is 0. The lowest BCUT2D eigenvalue weighted by atomic mass is 10.0. The molecule has 0 saturated heterocycles. The van der Waals surface area contributed by atoms with Crippen LogP contribution >= 0.6 is 0 Å². The van der Waals surface area contributed by atoms with Gasteiger partial charge in [-0.1, -0.05) is 12.1 Å². The van der Waals surface area contributed by atoms with Crippen LogP contribution in [-0.4, -0.2) is 37.9 Å². The number of carbonyl (C=O) groups excluding carboxylic acids is 2. The van der Waals surface area contributed by atoms with E-state index < -0.39 is 30.5 Å². The van der Waals surface area contributed by atoms with Crippen molar-refractivity contribution >= 4 is 11.8 Å². The van der Waals surface area contributed by atoms with E-state index in [9.17, 15) is 18.4 Å². The Labute approximate surface area is 183 Å². The van der Waals surface area contributed by atoms with Crippen LogP contribution in [-0.2, 0) is 21.0 Å². The van der Waals surface area contributed by atoms with E-state index >= 15 is 0 Å². The number of halogens is 2. The number of hydrogen-bond donors (Lipinski definition) is 1. The zero-order valence-electron chi connectivity index (χ0n) is 20.1. The third kappa shape index (κ3) is 4.91. The Bertz CT molecular complexity index is 1110. The number of amides is 2. The van der Waals surface area contributed by atoms with Gasteiger partial charge in [-0.05, 0) is 54.7 Å². The summed E-state index contributed by atoms with van der Waals surface area (Å²) >= 11 is 0. The Morgan fingerprint density at radius 3 is 2.52 bits per heavy atom. The second-order valence-corrected chi connectivity index (χ2v) is 7.16. The van der Waals surface area contributed by atoms with E-state index in [4.69, 9.17) is 8.85 Å². The van der Waals surface area contributed by atoms with Crippen LogP contribution in [0, 0.1) is 11.6 Å². The molecule has 0 aliphatic heterocycles. The SMILES string of the molecule is [2H]C([2H])([2H])Oc1cccc(-c2cc(F)c(CN(C)C(=O)C3=C(C(=O)NOC)CCC3)c(F)c2)c1. The van der Waals surface area contributed by atoms with Gasteiger partial charge in [-0.2, -0.15) is 0 Å². The molecule has 0 atom stereocenters. The van der Waals surface area contributed by atoms with Crippen LogP contribution in [0.5, 0.6) is 5.75 Å². The first-order valence-electron chi connectivity index (χ1n) is 11.1. The molecule has 0 saturated carbocycles. The molecule has 0 fully saturated rings. The van der Waals surface area contributed by atoms with E-state index in [1.807, 2.05) is 0 Å².